The van der Waals surface area contributed by atoms with E-state index in [0.717, 1.165) is 37.9 Å². The Kier molecular flexibility index (Phi) is 4.05. The first-order valence-electron chi connectivity index (χ1n) is 10.7. The molecular formula is C23H25N2O5+. The maximum Gasteiger partial charge on any atom is 0.424 e. The molecule has 156 valence electrons. The van der Waals surface area contributed by atoms with E-state index in [-0.39, 0.29) is 23.8 Å². The van der Waals surface area contributed by atoms with Crippen LogP contribution in [-0.4, -0.2) is 42.6 Å². The molecule has 1 aromatic heterocycles. The van der Waals surface area contributed by atoms with Gasteiger partial charge >= 0.3 is 5.88 Å². The number of ether oxygens (including phenoxy) is 3. The molecule has 7 nitrogen and oxygen atoms in total. The van der Waals surface area contributed by atoms with Crippen LogP contribution in [0.5, 0.6) is 5.88 Å². The monoisotopic (exact) mass is 409 g/mol. The van der Waals surface area contributed by atoms with Gasteiger partial charge in [0.1, 0.15) is 12.4 Å². The van der Waals surface area contributed by atoms with Crippen LogP contribution in [0.3, 0.4) is 0 Å². The molecule has 2 fully saturated rings. The Labute approximate surface area is 174 Å². The molecule has 2 aromatic rings. The van der Waals surface area contributed by atoms with Crippen molar-refractivity contribution in [2.75, 3.05) is 20.2 Å². The van der Waals surface area contributed by atoms with Crippen molar-refractivity contribution in [2.45, 2.75) is 43.6 Å². The minimum absolute atomic E-state index is 0.0259. The van der Waals surface area contributed by atoms with Crippen LogP contribution in [0.2, 0.25) is 0 Å². The fraction of sp³-hybridized carbons (Fsp3) is 0.478. The molecule has 3 aliphatic heterocycles. The number of Topliss-reactive ketones (excluding diaryl/α,β-unsaturated/α-hetero) is 1. The van der Waals surface area contributed by atoms with Crippen LogP contribution in [0.1, 0.15) is 47.0 Å². The standard InChI is InChI=1S/C23H24N2O5/c1-27-17-12-15-11-16-19(25-9-5-6-10-25)20-18(21(26)23(16,17)29-15)22(24-30-20)28-13-14-7-3-2-4-8-14/h2-4,7-8,12,15-16,19H,5-6,9-11,13H2,1H3/p+1/t15-,16?,19+,23+/m1/s1. The average Bonchev–Trinajstić information content (AvgIpc) is 3.56. The molecule has 30 heavy (non-hydrogen) atoms. The molecule has 0 saturated carbocycles. The van der Waals surface area contributed by atoms with Crippen molar-refractivity contribution in [3.63, 3.8) is 0 Å². The number of aromatic nitrogens is 1. The lowest BCUT2D eigenvalue weighted by Crippen LogP contribution is -2.54. The van der Waals surface area contributed by atoms with E-state index in [1.807, 2.05) is 36.4 Å². The summed E-state index contributed by atoms with van der Waals surface area (Å²) >= 11 is 0. The molecule has 0 radical (unpaired) electrons. The minimum Gasteiger partial charge on any atom is -0.498 e. The molecule has 7 heteroatoms. The van der Waals surface area contributed by atoms with Crippen LogP contribution in [0, 0.1) is 5.92 Å². The summed E-state index contributed by atoms with van der Waals surface area (Å²) < 4.78 is 23.9. The first-order chi connectivity index (χ1) is 14.7. The number of carbonyl (C=O) groups is 1. The van der Waals surface area contributed by atoms with Crippen LogP contribution >= 0.6 is 0 Å². The fourth-order valence-electron chi connectivity index (χ4n) is 5.71. The number of rotatable bonds is 5. The van der Waals surface area contributed by atoms with Crippen molar-refractivity contribution in [3.05, 3.63) is 59.1 Å². The van der Waals surface area contributed by atoms with Gasteiger partial charge in [-0.25, -0.2) is 4.52 Å². The molecule has 6 rings (SSSR count). The molecule has 2 saturated heterocycles. The number of ketones is 1. The van der Waals surface area contributed by atoms with E-state index >= 15 is 0 Å². The molecule has 2 bridgehead atoms. The van der Waals surface area contributed by atoms with Gasteiger partial charge in [-0.1, -0.05) is 30.3 Å². The summed E-state index contributed by atoms with van der Waals surface area (Å²) in [5.74, 6) is 1.51. The van der Waals surface area contributed by atoms with E-state index < -0.39 is 5.60 Å². The van der Waals surface area contributed by atoms with Crippen molar-refractivity contribution in [3.8, 4) is 5.88 Å². The van der Waals surface area contributed by atoms with Gasteiger partial charge in [0.25, 0.3) is 0 Å². The van der Waals surface area contributed by atoms with Gasteiger partial charge in [0.05, 0.1) is 19.3 Å². The van der Waals surface area contributed by atoms with Gasteiger partial charge in [-0.2, -0.15) is 0 Å². The zero-order chi connectivity index (χ0) is 20.3. The molecule has 1 aliphatic carbocycles. The summed E-state index contributed by atoms with van der Waals surface area (Å²) in [4.78, 5) is 16.3. The Bertz CT molecular complexity index is 1010. The third-order valence-electron chi connectivity index (χ3n) is 6.97. The SMILES string of the molecule is COC1=C[C@H]2CC3[C@H](N4CCCC4)c4o[nH+]c(OCc5ccccc5)c4C(=O)[C@@]13O2. The predicted octanol–water partition coefficient (Wildman–Crippen LogP) is 2.69. The Hall–Kier alpha value is -2.64. The van der Waals surface area contributed by atoms with Gasteiger partial charge < -0.3 is 14.2 Å². The van der Waals surface area contributed by atoms with Crippen LogP contribution < -0.4 is 9.89 Å². The zero-order valence-electron chi connectivity index (χ0n) is 16.9. The zero-order valence-corrected chi connectivity index (χ0v) is 16.9. The Balaban J connectivity index is 1.43. The van der Waals surface area contributed by atoms with Crippen molar-refractivity contribution in [1.82, 2.24) is 4.90 Å². The molecule has 0 amide bonds. The number of nitrogens with zero attached hydrogens (tertiary/aromatic N) is 1. The van der Waals surface area contributed by atoms with Crippen LogP contribution in [0.25, 0.3) is 0 Å². The van der Waals surface area contributed by atoms with Crippen molar-refractivity contribution >= 4 is 5.78 Å². The summed E-state index contributed by atoms with van der Waals surface area (Å²) in [5.41, 5.74) is 0.402. The fourth-order valence-corrected chi connectivity index (χ4v) is 5.71. The number of hydrogen-bond donors (Lipinski definition) is 0. The number of nitrogens with one attached hydrogen (secondary N) is 1. The smallest absolute Gasteiger partial charge is 0.424 e. The summed E-state index contributed by atoms with van der Waals surface area (Å²) in [6.07, 6.45) is 4.95. The van der Waals surface area contributed by atoms with Crippen LogP contribution in [0.15, 0.2) is 46.7 Å². The Morgan fingerprint density at radius 3 is 2.80 bits per heavy atom. The second-order valence-electron chi connectivity index (χ2n) is 8.53. The molecule has 4 heterocycles. The number of benzene rings is 1. The lowest BCUT2D eigenvalue weighted by atomic mass is 9.67. The predicted molar refractivity (Wildman–Crippen MR) is 105 cm³/mol. The number of fused-ring (bicyclic) bond motifs is 2. The van der Waals surface area contributed by atoms with E-state index in [1.165, 1.54) is 0 Å². The average molecular weight is 409 g/mol. The van der Waals surface area contributed by atoms with Gasteiger partial charge in [0.15, 0.2) is 11.2 Å². The van der Waals surface area contributed by atoms with E-state index in [4.69, 9.17) is 18.7 Å². The highest BCUT2D eigenvalue weighted by atomic mass is 16.6. The highest BCUT2D eigenvalue weighted by Gasteiger charge is 2.70. The minimum atomic E-state index is -1.08. The van der Waals surface area contributed by atoms with Gasteiger partial charge in [-0.3, -0.25) is 9.69 Å². The molecule has 4 atom stereocenters. The first-order valence-corrected chi connectivity index (χ1v) is 10.7. The van der Waals surface area contributed by atoms with E-state index in [1.54, 1.807) is 7.11 Å². The van der Waals surface area contributed by atoms with Gasteiger partial charge in [-0.05, 0) is 44.0 Å². The van der Waals surface area contributed by atoms with Crippen LogP contribution in [0.4, 0.5) is 0 Å². The summed E-state index contributed by atoms with van der Waals surface area (Å²) in [6.45, 7) is 2.32. The summed E-state index contributed by atoms with van der Waals surface area (Å²) in [6, 6.07) is 9.84. The van der Waals surface area contributed by atoms with Gasteiger partial charge in [0, 0.05) is 11.1 Å². The number of carbonyl (C=O) groups excluding carboxylic acids is 1. The maximum atomic E-state index is 13.9. The van der Waals surface area contributed by atoms with Crippen molar-refractivity contribution < 1.29 is 28.7 Å². The third-order valence-corrected chi connectivity index (χ3v) is 6.97. The number of hydrogen-bond acceptors (Lipinski definition) is 6. The molecule has 1 spiro atoms. The normalized spacial score (nSPS) is 32.1. The quantitative estimate of drug-likeness (QED) is 0.756. The molecular weight excluding hydrogens is 384 g/mol. The third kappa shape index (κ3) is 2.39. The number of likely N-dealkylation sites (tertiary alicyclic amines) is 1. The van der Waals surface area contributed by atoms with E-state index in [2.05, 4.69) is 10.1 Å². The van der Waals surface area contributed by atoms with Crippen molar-refractivity contribution in [2.24, 2.45) is 5.92 Å². The maximum absolute atomic E-state index is 13.9. The van der Waals surface area contributed by atoms with Gasteiger partial charge in [0.2, 0.25) is 11.5 Å². The summed E-state index contributed by atoms with van der Waals surface area (Å²) in [5, 5.41) is 2.89. The summed E-state index contributed by atoms with van der Waals surface area (Å²) in [7, 11) is 1.61. The number of aromatic amines is 1. The molecule has 1 aromatic carbocycles. The number of methoxy groups -OCH3 is 1. The van der Waals surface area contributed by atoms with Crippen molar-refractivity contribution in [1.29, 1.82) is 0 Å². The topological polar surface area (TPSA) is 75.3 Å². The lowest BCUT2D eigenvalue weighted by molar-refractivity contribution is -0.617. The molecule has 4 aliphatic rings. The highest BCUT2D eigenvalue weighted by Crippen LogP contribution is 2.59. The Morgan fingerprint density at radius 1 is 1.23 bits per heavy atom. The second kappa shape index (κ2) is 6.68. The molecule has 1 N–H and O–H groups in total. The van der Waals surface area contributed by atoms with Crippen LogP contribution in [-0.2, 0) is 16.1 Å². The first kappa shape index (κ1) is 18.2. The molecule has 1 unspecified atom stereocenters. The highest BCUT2D eigenvalue weighted by molar-refractivity contribution is 6.08. The van der Waals surface area contributed by atoms with E-state index in [0.29, 0.717) is 29.6 Å². The number of H-pyrrole nitrogens is 1. The van der Waals surface area contributed by atoms with Gasteiger partial charge in [-0.15, -0.1) is 0 Å². The Morgan fingerprint density at radius 2 is 2.03 bits per heavy atom. The largest absolute Gasteiger partial charge is 0.498 e. The lowest BCUT2D eigenvalue weighted by Gasteiger charge is -2.42. The van der Waals surface area contributed by atoms with E-state index in [9.17, 15) is 4.79 Å². The second-order valence-corrected chi connectivity index (χ2v) is 8.53.